The third-order valence-electron chi connectivity index (χ3n) is 3.91. The van der Waals surface area contributed by atoms with Crippen LogP contribution in [0.3, 0.4) is 0 Å². The van der Waals surface area contributed by atoms with Gasteiger partial charge in [-0.25, -0.2) is 0 Å². The quantitative estimate of drug-likeness (QED) is 0.918. The van der Waals surface area contributed by atoms with Gasteiger partial charge in [0.15, 0.2) is 0 Å². The zero-order chi connectivity index (χ0) is 14.7. The summed E-state index contributed by atoms with van der Waals surface area (Å²) >= 11 is 0. The highest BCUT2D eigenvalue weighted by molar-refractivity contribution is 5.26. The second-order valence-corrected chi connectivity index (χ2v) is 6.31. The SMILES string of the molecule is CC(C)c1ccc(C(O)CN2C[C@@H](C)O[C@@H](C)C2)cc1. The molecule has 3 atom stereocenters. The highest BCUT2D eigenvalue weighted by Gasteiger charge is 2.24. The molecule has 3 nitrogen and oxygen atoms in total. The molecule has 3 heteroatoms. The van der Waals surface area contributed by atoms with Crippen LogP contribution in [0.15, 0.2) is 24.3 Å². The topological polar surface area (TPSA) is 32.7 Å². The molecule has 0 spiro atoms. The number of nitrogens with zero attached hydrogens (tertiary/aromatic N) is 1. The van der Waals surface area contributed by atoms with Gasteiger partial charge in [0.1, 0.15) is 0 Å². The molecule has 1 aromatic rings. The van der Waals surface area contributed by atoms with Crippen LogP contribution in [0.2, 0.25) is 0 Å². The molecule has 0 aromatic heterocycles. The summed E-state index contributed by atoms with van der Waals surface area (Å²) < 4.78 is 5.72. The summed E-state index contributed by atoms with van der Waals surface area (Å²) in [6.07, 6.45) is 0.0669. The van der Waals surface area contributed by atoms with Gasteiger partial charge in [0.2, 0.25) is 0 Å². The van der Waals surface area contributed by atoms with Crippen LogP contribution < -0.4 is 0 Å². The molecule has 1 aliphatic rings. The molecule has 1 saturated heterocycles. The first-order chi connectivity index (χ1) is 9.45. The Bertz CT molecular complexity index is 406. The van der Waals surface area contributed by atoms with Gasteiger partial charge >= 0.3 is 0 Å². The van der Waals surface area contributed by atoms with E-state index in [4.69, 9.17) is 4.74 Å². The minimum absolute atomic E-state index is 0.245. The largest absolute Gasteiger partial charge is 0.387 e. The van der Waals surface area contributed by atoms with Crippen molar-refractivity contribution in [1.82, 2.24) is 4.90 Å². The lowest BCUT2D eigenvalue weighted by Crippen LogP contribution is -2.46. The van der Waals surface area contributed by atoms with Crippen LogP contribution in [0.5, 0.6) is 0 Å². The van der Waals surface area contributed by atoms with Crippen LogP contribution in [-0.2, 0) is 4.74 Å². The second kappa shape index (κ2) is 6.70. The van der Waals surface area contributed by atoms with Crippen molar-refractivity contribution in [2.75, 3.05) is 19.6 Å². The van der Waals surface area contributed by atoms with Crippen LogP contribution in [-0.4, -0.2) is 41.8 Å². The molecule has 1 aliphatic heterocycles. The summed E-state index contributed by atoms with van der Waals surface area (Å²) in [4.78, 5) is 2.29. The molecule has 0 radical (unpaired) electrons. The summed E-state index contributed by atoms with van der Waals surface area (Å²) in [5.41, 5.74) is 2.32. The highest BCUT2D eigenvalue weighted by atomic mass is 16.5. The predicted octanol–water partition coefficient (Wildman–Crippen LogP) is 2.95. The average molecular weight is 277 g/mol. The van der Waals surface area contributed by atoms with Crippen molar-refractivity contribution in [2.45, 2.75) is 51.9 Å². The lowest BCUT2D eigenvalue weighted by molar-refractivity contribution is -0.0767. The Balaban J connectivity index is 1.95. The molecule has 0 amide bonds. The van der Waals surface area contributed by atoms with Crippen molar-refractivity contribution in [1.29, 1.82) is 0 Å². The Morgan fingerprint density at radius 2 is 1.60 bits per heavy atom. The molecule has 1 N–H and O–H groups in total. The van der Waals surface area contributed by atoms with E-state index in [9.17, 15) is 5.11 Å². The van der Waals surface area contributed by atoms with Gasteiger partial charge in [0.25, 0.3) is 0 Å². The summed E-state index contributed by atoms with van der Waals surface area (Å²) in [5, 5.41) is 10.4. The minimum atomic E-state index is -0.422. The van der Waals surface area contributed by atoms with E-state index in [1.54, 1.807) is 0 Å². The fraction of sp³-hybridized carbons (Fsp3) is 0.647. The van der Waals surface area contributed by atoms with Crippen LogP contribution in [0.25, 0.3) is 0 Å². The van der Waals surface area contributed by atoms with E-state index in [0.717, 1.165) is 18.7 Å². The number of β-amino-alcohol motifs (C(OH)–C–C–N with tert-alkyl or cyclic N) is 1. The number of morpholine rings is 1. The maximum Gasteiger partial charge on any atom is 0.0916 e. The molecular formula is C17H27NO2. The number of ether oxygens (including phenoxy) is 1. The van der Waals surface area contributed by atoms with Crippen LogP contribution in [0.4, 0.5) is 0 Å². The Hall–Kier alpha value is -0.900. The monoisotopic (exact) mass is 277 g/mol. The van der Waals surface area contributed by atoms with Gasteiger partial charge in [0, 0.05) is 19.6 Å². The molecule has 0 saturated carbocycles. The van der Waals surface area contributed by atoms with Gasteiger partial charge in [-0.05, 0) is 30.9 Å². The number of benzene rings is 1. The molecule has 1 fully saturated rings. The fourth-order valence-electron chi connectivity index (χ4n) is 2.89. The zero-order valence-corrected chi connectivity index (χ0v) is 13.0. The van der Waals surface area contributed by atoms with Crippen molar-refractivity contribution in [2.24, 2.45) is 0 Å². The van der Waals surface area contributed by atoms with Crippen LogP contribution >= 0.6 is 0 Å². The van der Waals surface area contributed by atoms with E-state index in [1.807, 2.05) is 12.1 Å². The van der Waals surface area contributed by atoms with E-state index in [1.165, 1.54) is 5.56 Å². The van der Waals surface area contributed by atoms with Gasteiger partial charge < -0.3 is 9.84 Å². The van der Waals surface area contributed by atoms with Gasteiger partial charge in [-0.1, -0.05) is 38.1 Å². The maximum absolute atomic E-state index is 10.4. The Morgan fingerprint density at radius 1 is 1.10 bits per heavy atom. The molecule has 0 aliphatic carbocycles. The standard InChI is InChI=1S/C17H27NO2/c1-12(2)15-5-7-16(8-6-15)17(19)11-18-9-13(3)20-14(4)10-18/h5-8,12-14,17,19H,9-11H2,1-4H3/t13-,14+,17?. The van der Waals surface area contributed by atoms with Crippen molar-refractivity contribution in [3.05, 3.63) is 35.4 Å². The van der Waals surface area contributed by atoms with Crippen molar-refractivity contribution >= 4 is 0 Å². The average Bonchev–Trinajstić information content (AvgIpc) is 2.37. The minimum Gasteiger partial charge on any atom is -0.387 e. The third-order valence-corrected chi connectivity index (χ3v) is 3.91. The Kier molecular flexibility index (Phi) is 5.19. The number of aliphatic hydroxyl groups excluding tert-OH is 1. The highest BCUT2D eigenvalue weighted by Crippen LogP contribution is 2.21. The molecule has 1 aromatic carbocycles. The normalized spacial score (nSPS) is 25.9. The first kappa shape index (κ1) is 15.5. The van der Waals surface area contributed by atoms with E-state index in [2.05, 4.69) is 44.7 Å². The maximum atomic E-state index is 10.4. The summed E-state index contributed by atoms with van der Waals surface area (Å²) in [6, 6.07) is 8.34. The molecule has 20 heavy (non-hydrogen) atoms. The summed E-state index contributed by atoms with van der Waals surface area (Å²) in [5.74, 6) is 0.530. The molecular weight excluding hydrogens is 250 g/mol. The Labute approximate surface area is 122 Å². The summed E-state index contributed by atoms with van der Waals surface area (Å²) in [6.45, 7) is 11.0. The van der Waals surface area contributed by atoms with E-state index in [0.29, 0.717) is 12.5 Å². The number of aliphatic hydroxyl groups is 1. The zero-order valence-electron chi connectivity index (χ0n) is 13.0. The smallest absolute Gasteiger partial charge is 0.0916 e. The van der Waals surface area contributed by atoms with E-state index < -0.39 is 6.10 Å². The number of hydrogen-bond donors (Lipinski definition) is 1. The first-order valence-electron chi connectivity index (χ1n) is 7.61. The lowest BCUT2D eigenvalue weighted by Gasteiger charge is -2.36. The molecule has 2 rings (SSSR count). The first-order valence-corrected chi connectivity index (χ1v) is 7.61. The Morgan fingerprint density at radius 3 is 2.10 bits per heavy atom. The van der Waals surface area contributed by atoms with E-state index >= 15 is 0 Å². The molecule has 1 unspecified atom stereocenters. The van der Waals surface area contributed by atoms with Crippen molar-refractivity contribution in [3.63, 3.8) is 0 Å². The van der Waals surface area contributed by atoms with Crippen molar-refractivity contribution < 1.29 is 9.84 Å². The number of rotatable bonds is 4. The van der Waals surface area contributed by atoms with Gasteiger partial charge in [-0.2, -0.15) is 0 Å². The van der Waals surface area contributed by atoms with Gasteiger partial charge in [0.05, 0.1) is 18.3 Å². The van der Waals surface area contributed by atoms with E-state index in [-0.39, 0.29) is 12.2 Å². The lowest BCUT2D eigenvalue weighted by atomic mass is 10.00. The number of hydrogen-bond acceptors (Lipinski definition) is 3. The third kappa shape index (κ3) is 4.05. The van der Waals surface area contributed by atoms with Crippen LogP contribution in [0, 0.1) is 0 Å². The van der Waals surface area contributed by atoms with Gasteiger partial charge in [-0.15, -0.1) is 0 Å². The predicted molar refractivity (Wildman–Crippen MR) is 81.9 cm³/mol. The molecule has 1 heterocycles. The molecule has 112 valence electrons. The second-order valence-electron chi connectivity index (χ2n) is 6.31. The molecule has 0 bridgehead atoms. The van der Waals surface area contributed by atoms with Crippen molar-refractivity contribution in [3.8, 4) is 0 Å². The fourth-order valence-corrected chi connectivity index (χ4v) is 2.89. The van der Waals surface area contributed by atoms with Gasteiger partial charge in [-0.3, -0.25) is 4.90 Å². The summed E-state index contributed by atoms with van der Waals surface area (Å²) in [7, 11) is 0. The van der Waals surface area contributed by atoms with Crippen LogP contribution in [0.1, 0.15) is 50.8 Å².